The maximum absolute atomic E-state index is 5.81. The second kappa shape index (κ2) is 2.88. The lowest BCUT2D eigenvalue weighted by Crippen LogP contribution is -2.08. The van der Waals surface area contributed by atoms with Crippen molar-refractivity contribution in [3.63, 3.8) is 0 Å². The zero-order chi connectivity index (χ0) is 9.42. The minimum Gasteiger partial charge on any atom is -0.337 e. The van der Waals surface area contributed by atoms with E-state index in [-0.39, 0.29) is 0 Å². The van der Waals surface area contributed by atoms with Gasteiger partial charge in [-0.25, -0.2) is 4.68 Å². The van der Waals surface area contributed by atoms with Gasteiger partial charge in [0.2, 0.25) is 0 Å². The van der Waals surface area contributed by atoms with Crippen LogP contribution in [0.4, 0.5) is 0 Å². The average Bonchev–Trinajstić information content (AvgIpc) is 2.41. The highest BCUT2D eigenvalue weighted by Crippen LogP contribution is 2.14. The predicted octanol–water partition coefficient (Wildman–Crippen LogP) is 1.91. The summed E-state index contributed by atoms with van der Waals surface area (Å²) in [5.74, 6) is 5.81. The maximum Gasteiger partial charge on any atom is 0.199 e. The number of para-hydroxylation sites is 2. The van der Waals surface area contributed by atoms with Gasteiger partial charge in [-0.15, -0.1) is 0 Å². The van der Waals surface area contributed by atoms with E-state index in [4.69, 9.17) is 18.1 Å². The summed E-state index contributed by atoms with van der Waals surface area (Å²) >= 11 is 5.19. The van der Waals surface area contributed by atoms with Gasteiger partial charge in [-0.2, -0.15) is 0 Å². The minimum absolute atomic E-state index is 0.670. The number of hydrogen-bond acceptors (Lipinski definition) is 2. The third-order valence-corrected chi connectivity index (χ3v) is 2.60. The normalized spacial score (nSPS) is 10.8. The highest BCUT2D eigenvalue weighted by atomic mass is 32.1. The Kier molecular flexibility index (Phi) is 1.84. The quantitative estimate of drug-likeness (QED) is 0.554. The Balaban J connectivity index is 2.98. The number of nitrogen functional groups attached to an aromatic ring is 1. The molecule has 0 aliphatic rings. The molecule has 0 saturated heterocycles. The number of benzene rings is 1. The molecular formula is C9H11N3S. The van der Waals surface area contributed by atoms with E-state index in [1.165, 1.54) is 0 Å². The predicted molar refractivity (Wildman–Crippen MR) is 56.6 cm³/mol. The summed E-state index contributed by atoms with van der Waals surface area (Å²) < 4.78 is 4.24. The van der Waals surface area contributed by atoms with Gasteiger partial charge >= 0.3 is 0 Å². The van der Waals surface area contributed by atoms with Crippen LogP contribution in [0.1, 0.15) is 6.92 Å². The van der Waals surface area contributed by atoms with Crippen LogP contribution >= 0.6 is 12.2 Å². The van der Waals surface area contributed by atoms with Crippen molar-refractivity contribution in [3.05, 3.63) is 29.0 Å². The summed E-state index contributed by atoms with van der Waals surface area (Å²) in [6.45, 7) is 2.91. The van der Waals surface area contributed by atoms with E-state index >= 15 is 0 Å². The van der Waals surface area contributed by atoms with Crippen LogP contribution in [0.5, 0.6) is 0 Å². The molecule has 0 aliphatic carbocycles. The molecule has 1 aromatic heterocycles. The molecule has 0 spiro atoms. The van der Waals surface area contributed by atoms with Crippen molar-refractivity contribution in [3.8, 4) is 0 Å². The van der Waals surface area contributed by atoms with Crippen LogP contribution in [0.2, 0.25) is 0 Å². The third kappa shape index (κ3) is 1.06. The molecule has 0 radical (unpaired) electrons. The van der Waals surface area contributed by atoms with Gasteiger partial charge in [0.15, 0.2) is 4.77 Å². The maximum atomic E-state index is 5.81. The first-order valence-electron chi connectivity index (χ1n) is 4.21. The van der Waals surface area contributed by atoms with Crippen LogP contribution in [-0.4, -0.2) is 9.24 Å². The molecule has 1 heterocycles. The van der Waals surface area contributed by atoms with E-state index in [2.05, 4.69) is 6.92 Å². The summed E-state index contributed by atoms with van der Waals surface area (Å²) in [5, 5.41) is 0. The molecule has 0 fully saturated rings. The SMILES string of the molecule is CCn1c(=S)n(N)c2ccccc21. The minimum atomic E-state index is 0.670. The number of aromatic nitrogens is 2. The van der Waals surface area contributed by atoms with Gasteiger partial charge in [0.1, 0.15) is 0 Å². The smallest absolute Gasteiger partial charge is 0.199 e. The first-order valence-corrected chi connectivity index (χ1v) is 4.62. The van der Waals surface area contributed by atoms with E-state index in [0.717, 1.165) is 17.6 Å². The first kappa shape index (κ1) is 8.31. The van der Waals surface area contributed by atoms with Crippen LogP contribution in [0.15, 0.2) is 24.3 Å². The molecule has 2 aromatic rings. The summed E-state index contributed by atoms with van der Waals surface area (Å²) in [6.07, 6.45) is 0. The fourth-order valence-corrected chi connectivity index (χ4v) is 1.86. The Labute approximate surface area is 81.4 Å². The molecule has 2 rings (SSSR count). The highest BCUT2D eigenvalue weighted by Gasteiger charge is 2.04. The van der Waals surface area contributed by atoms with Crippen molar-refractivity contribution in [1.29, 1.82) is 0 Å². The Morgan fingerprint density at radius 3 is 2.54 bits per heavy atom. The monoisotopic (exact) mass is 193 g/mol. The summed E-state index contributed by atoms with van der Waals surface area (Å²) in [7, 11) is 0. The lowest BCUT2D eigenvalue weighted by Gasteiger charge is -1.96. The number of fused-ring (bicyclic) bond motifs is 1. The second-order valence-corrected chi connectivity index (χ2v) is 3.25. The lowest BCUT2D eigenvalue weighted by molar-refractivity contribution is 0.752. The van der Waals surface area contributed by atoms with Gasteiger partial charge in [0, 0.05) is 6.54 Å². The Bertz CT molecular complexity index is 495. The zero-order valence-corrected chi connectivity index (χ0v) is 8.21. The van der Waals surface area contributed by atoms with E-state index in [9.17, 15) is 0 Å². The lowest BCUT2D eigenvalue weighted by atomic mass is 10.3. The van der Waals surface area contributed by atoms with Crippen LogP contribution in [0.3, 0.4) is 0 Å². The fraction of sp³-hybridized carbons (Fsp3) is 0.222. The Hall–Kier alpha value is -1.29. The van der Waals surface area contributed by atoms with Gasteiger partial charge in [-0.3, -0.25) is 0 Å². The van der Waals surface area contributed by atoms with Crippen LogP contribution in [0.25, 0.3) is 11.0 Å². The standard InChI is InChI=1S/C9H11N3S/c1-2-11-7-5-3-4-6-8(7)12(10)9(11)13/h3-6H,2,10H2,1H3. The second-order valence-electron chi connectivity index (χ2n) is 2.89. The van der Waals surface area contributed by atoms with E-state index in [0.29, 0.717) is 4.77 Å². The molecule has 68 valence electrons. The summed E-state index contributed by atoms with van der Waals surface area (Å²) in [4.78, 5) is 0. The molecule has 0 amide bonds. The van der Waals surface area contributed by atoms with Crippen molar-refractivity contribution < 1.29 is 0 Å². The topological polar surface area (TPSA) is 35.9 Å². The van der Waals surface area contributed by atoms with Crippen molar-refractivity contribution >= 4 is 23.3 Å². The largest absolute Gasteiger partial charge is 0.337 e. The van der Waals surface area contributed by atoms with Gasteiger partial charge in [0.05, 0.1) is 11.0 Å². The number of rotatable bonds is 1. The highest BCUT2D eigenvalue weighted by molar-refractivity contribution is 7.71. The molecule has 0 bridgehead atoms. The zero-order valence-electron chi connectivity index (χ0n) is 7.40. The molecule has 13 heavy (non-hydrogen) atoms. The molecule has 0 unspecified atom stereocenters. The summed E-state index contributed by atoms with van der Waals surface area (Å²) in [5.41, 5.74) is 2.08. The Morgan fingerprint density at radius 1 is 1.31 bits per heavy atom. The van der Waals surface area contributed by atoms with Crippen molar-refractivity contribution in [1.82, 2.24) is 9.24 Å². The average molecular weight is 193 g/mol. The van der Waals surface area contributed by atoms with Gasteiger partial charge in [-0.05, 0) is 31.3 Å². The van der Waals surface area contributed by atoms with Crippen LogP contribution in [-0.2, 0) is 6.54 Å². The molecule has 3 nitrogen and oxygen atoms in total. The first-order chi connectivity index (χ1) is 6.25. The number of hydrogen-bond donors (Lipinski definition) is 1. The van der Waals surface area contributed by atoms with Gasteiger partial charge < -0.3 is 10.4 Å². The van der Waals surface area contributed by atoms with Crippen LogP contribution in [0, 0.1) is 4.77 Å². The third-order valence-electron chi connectivity index (χ3n) is 2.19. The van der Waals surface area contributed by atoms with Gasteiger partial charge in [-0.1, -0.05) is 12.1 Å². The van der Waals surface area contributed by atoms with Gasteiger partial charge in [0.25, 0.3) is 0 Å². The molecule has 0 saturated carbocycles. The Morgan fingerprint density at radius 2 is 1.92 bits per heavy atom. The molecule has 1 aromatic carbocycles. The van der Waals surface area contributed by atoms with E-state index in [1.807, 2.05) is 28.8 Å². The molecular weight excluding hydrogens is 182 g/mol. The number of nitrogens with zero attached hydrogens (tertiary/aromatic N) is 2. The fourth-order valence-electron chi connectivity index (χ4n) is 1.54. The molecule has 0 aliphatic heterocycles. The number of aryl methyl sites for hydroxylation is 1. The molecule has 0 atom stereocenters. The summed E-state index contributed by atoms with van der Waals surface area (Å²) in [6, 6.07) is 7.94. The number of imidazole rings is 1. The van der Waals surface area contributed by atoms with Crippen LogP contribution < -0.4 is 5.84 Å². The number of nitrogens with two attached hydrogens (primary N) is 1. The van der Waals surface area contributed by atoms with Crippen molar-refractivity contribution in [2.75, 3.05) is 5.84 Å². The van der Waals surface area contributed by atoms with E-state index < -0.39 is 0 Å². The van der Waals surface area contributed by atoms with E-state index in [1.54, 1.807) is 4.68 Å². The van der Waals surface area contributed by atoms with Crippen molar-refractivity contribution in [2.45, 2.75) is 13.5 Å². The molecule has 2 N–H and O–H groups in total. The molecule has 4 heteroatoms. The van der Waals surface area contributed by atoms with Crippen molar-refractivity contribution in [2.24, 2.45) is 0 Å².